The third-order valence-corrected chi connectivity index (χ3v) is 3.69. The minimum atomic E-state index is 0.135. The van der Waals surface area contributed by atoms with E-state index >= 15 is 0 Å². The van der Waals surface area contributed by atoms with Gasteiger partial charge < -0.3 is 25.0 Å². The number of aromatic hydroxyl groups is 1. The lowest BCUT2D eigenvalue weighted by Gasteiger charge is -2.11. The zero-order chi connectivity index (χ0) is 18.9. The number of nitrogens with zero attached hydrogens (tertiary/aromatic N) is 2. The molecule has 0 saturated heterocycles. The molecule has 1 aromatic heterocycles. The number of phenolic OH excluding ortho intramolecular Hbond substituents is 1. The van der Waals surface area contributed by atoms with Crippen molar-refractivity contribution >= 4 is 5.96 Å². The van der Waals surface area contributed by atoms with E-state index in [0.29, 0.717) is 37.3 Å². The number of ether oxygens (including phenoxy) is 1. The molecular formula is C19H28N4O3. The van der Waals surface area contributed by atoms with Crippen LogP contribution in [0.25, 0.3) is 0 Å². The van der Waals surface area contributed by atoms with Crippen LogP contribution in [0.2, 0.25) is 0 Å². The van der Waals surface area contributed by atoms with E-state index in [2.05, 4.69) is 34.6 Å². The monoisotopic (exact) mass is 360 g/mol. The van der Waals surface area contributed by atoms with Crippen LogP contribution >= 0.6 is 0 Å². The van der Waals surface area contributed by atoms with E-state index in [1.165, 1.54) is 0 Å². The van der Waals surface area contributed by atoms with Gasteiger partial charge >= 0.3 is 0 Å². The van der Waals surface area contributed by atoms with Gasteiger partial charge in [-0.25, -0.2) is 4.99 Å². The summed E-state index contributed by atoms with van der Waals surface area (Å²) >= 11 is 0. The molecule has 0 bridgehead atoms. The number of benzene rings is 1. The highest BCUT2D eigenvalue weighted by Gasteiger charge is 2.08. The summed E-state index contributed by atoms with van der Waals surface area (Å²) in [6.07, 6.45) is 0. The molecule has 26 heavy (non-hydrogen) atoms. The summed E-state index contributed by atoms with van der Waals surface area (Å²) < 4.78 is 10.7. The minimum absolute atomic E-state index is 0.135. The van der Waals surface area contributed by atoms with Crippen LogP contribution in [-0.4, -0.2) is 29.4 Å². The summed E-state index contributed by atoms with van der Waals surface area (Å²) in [6.45, 7) is 10.3. The highest BCUT2D eigenvalue weighted by molar-refractivity contribution is 5.79. The molecule has 0 saturated carbocycles. The average molecular weight is 360 g/mol. The second-order valence-electron chi connectivity index (χ2n) is 6.16. The Kier molecular flexibility index (Phi) is 7.32. The first-order valence-corrected chi connectivity index (χ1v) is 8.95. The molecule has 1 heterocycles. The van der Waals surface area contributed by atoms with Gasteiger partial charge in [-0.3, -0.25) is 0 Å². The Balaban J connectivity index is 2.00. The molecule has 7 heteroatoms. The van der Waals surface area contributed by atoms with Crippen LogP contribution in [0.15, 0.2) is 33.8 Å². The molecule has 0 atom stereocenters. The highest BCUT2D eigenvalue weighted by atomic mass is 16.5. The molecule has 0 amide bonds. The van der Waals surface area contributed by atoms with E-state index < -0.39 is 0 Å². The molecule has 0 aliphatic carbocycles. The smallest absolute Gasteiger partial charge is 0.191 e. The van der Waals surface area contributed by atoms with Crippen molar-refractivity contribution in [2.75, 3.05) is 13.2 Å². The van der Waals surface area contributed by atoms with Gasteiger partial charge in [0.15, 0.2) is 23.2 Å². The Hall–Kier alpha value is -2.70. The summed E-state index contributed by atoms with van der Waals surface area (Å²) in [5.41, 5.74) is 1.89. The van der Waals surface area contributed by atoms with E-state index in [-0.39, 0.29) is 5.75 Å². The second kappa shape index (κ2) is 9.70. The molecule has 2 aromatic rings. The first kappa shape index (κ1) is 19.6. The molecule has 7 nitrogen and oxygen atoms in total. The van der Waals surface area contributed by atoms with Gasteiger partial charge in [-0.2, -0.15) is 0 Å². The predicted molar refractivity (Wildman–Crippen MR) is 102 cm³/mol. The number of aliphatic imine (C=N–C) groups is 1. The first-order valence-electron chi connectivity index (χ1n) is 8.95. The van der Waals surface area contributed by atoms with Crippen LogP contribution in [0.3, 0.4) is 0 Å². The maximum atomic E-state index is 9.78. The fraction of sp³-hybridized carbons (Fsp3) is 0.474. The quantitative estimate of drug-likeness (QED) is 0.495. The lowest BCUT2D eigenvalue weighted by Crippen LogP contribution is -2.36. The van der Waals surface area contributed by atoms with Gasteiger partial charge in [-0.15, -0.1) is 0 Å². The van der Waals surface area contributed by atoms with Crippen molar-refractivity contribution in [3.8, 4) is 11.5 Å². The number of rotatable bonds is 8. The van der Waals surface area contributed by atoms with E-state index in [0.717, 1.165) is 23.6 Å². The standard InChI is InChI=1S/C19H28N4O3/c1-5-20-19(22-12-15-10-16(13(3)4)23-26-15)21-11-14-7-8-17(24)18(9-14)25-6-2/h7-10,13,24H,5-6,11-12H2,1-4H3,(H2,20,21,22). The maximum Gasteiger partial charge on any atom is 0.191 e. The Morgan fingerprint density at radius 1 is 1.27 bits per heavy atom. The van der Waals surface area contributed by atoms with E-state index in [1.807, 2.05) is 26.0 Å². The third kappa shape index (κ3) is 5.68. The van der Waals surface area contributed by atoms with E-state index in [1.54, 1.807) is 12.1 Å². The van der Waals surface area contributed by atoms with Crippen molar-refractivity contribution in [2.45, 2.75) is 46.7 Å². The maximum absolute atomic E-state index is 9.78. The molecule has 0 spiro atoms. The third-order valence-electron chi connectivity index (χ3n) is 3.69. The van der Waals surface area contributed by atoms with Crippen molar-refractivity contribution < 1.29 is 14.4 Å². The van der Waals surface area contributed by atoms with Gasteiger partial charge in [0.1, 0.15) is 0 Å². The molecule has 2 rings (SSSR count). The molecule has 0 unspecified atom stereocenters. The predicted octanol–water partition coefficient (Wildman–Crippen LogP) is 3.16. The fourth-order valence-corrected chi connectivity index (χ4v) is 2.30. The molecule has 0 radical (unpaired) electrons. The van der Waals surface area contributed by atoms with Gasteiger partial charge in [-0.1, -0.05) is 25.1 Å². The number of hydrogen-bond donors (Lipinski definition) is 3. The molecule has 0 aliphatic rings. The Morgan fingerprint density at radius 2 is 2.08 bits per heavy atom. The van der Waals surface area contributed by atoms with Gasteiger partial charge in [-0.05, 0) is 37.5 Å². The summed E-state index contributed by atoms with van der Waals surface area (Å²) in [5, 5.41) is 20.3. The Morgan fingerprint density at radius 3 is 2.73 bits per heavy atom. The molecule has 142 valence electrons. The minimum Gasteiger partial charge on any atom is -0.504 e. The lowest BCUT2D eigenvalue weighted by atomic mass is 10.1. The normalized spacial score (nSPS) is 11.7. The zero-order valence-corrected chi connectivity index (χ0v) is 15.9. The molecular weight excluding hydrogens is 332 g/mol. The number of hydrogen-bond acceptors (Lipinski definition) is 5. The Bertz CT molecular complexity index is 725. The SMILES string of the molecule is CCNC(=NCc1ccc(O)c(OCC)c1)NCc1cc(C(C)C)no1. The van der Waals surface area contributed by atoms with Crippen LogP contribution < -0.4 is 15.4 Å². The van der Waals surface area contributed by atoms with Gasteiger partial charge in [0.2, 0.25) is 0 Å². The van der Waals surface area contributed by atoms with Crippen molar-refractivity contribution in [3.05, 3.63) is 41.3 Å². The van der Waals surface area contributed by atoms with E-state index in [9.17, 15) is 5.11 Å². The van der Waals surface area contributed by atoms with E-state index in [4.69, 9.17) is 9.26 Å². The average Bonchev–Trinajstić information content (AvgIpc) is 3.09. The Labute approximate surface area is 154 Å². The summed E-state index contributed by atoms with van der Waals surface area (Å²) in [5.74, 6) is 2.39. The molecule has 0 aliphatic heterocycles. The number of phenols is 1. The summed E-state index contributed by atoms with van der Waals surface area (Å²) in [7, 11) is 0. The van der Waals surface area contributed by atoms with Gasteiger partial charge in [0.25, 0.3) is 0 Å². The summed E-state index contributed by atoms with van der Waals surface area (Å²) in [4.78, 5) is 4.57. The van der Waals surface area contributed by atoms with Crippen molar-refractivity contribution in [1.82, 2.24) is 15.8 Å². The topological polar surface area (TPSA) is 91.9 Å². The van der Waals surface area contributed by atoms with Crippen LogP contribution in [0.5, 0.6) is 11.5 Å². The lowest BCUT2D eigenvalue weighted by molar-refractivity contribution is 0.318. The van der Waals surface area contributed by atoms with Crippen LogP contribution in [0.1, 0.15) is 50.6 Å². The van der Waals surface area contributed by atoms with Crippen molar-refractivity contribution in [2.24, 2.45) is 4.99 Å². The second-order valence-corrected chi connectivity index (χ2v) is 6.16. The summed E-state index contributed by atoms with van der Waals surface area (Å²) in [6, 6.07) is 7.21. The number of aromatic nitrogens is 1. The van der Waals surface area contributed by atoms with Crippen molar-refractivity contribution in [3.63, 3.8) is 0 Å². The largest absolute Gasteiger partial charge is 0.504 e. The van der Waals surface area contributed by atoms with Gasteiger partial charge in [0.05, 0.1) is 25.4 Å². The van der Waals surface area contributed by atoms with Crippen LogP contribution in [0.4, 0.5) is 0 Å². The molecule has 0 fully saturated rings. The number of nitrogens with one attached hydrogen (secondary N) is 2. The molecule has 1 aromatic carbocycles. The fourth-order valence-electron chi connectivity index (χ4n) is 2.30. The molecule has 3 N–H and O–H groups in total. The highest BCUT2D eigenvalue weighted by Crippen LogP contribution is 2.27. The zero-order valence-electron chi connectivity index (χ0n) is 15.9. The van der Waals surface area contributed by atoms with Crippen LogP contribution in [0, 0.1) is 0 Å². The number of guanidine groups is 1. The van der Waals surface area contributed by atoms with Gasteiger partial charge in [0, 0.05) is 12.6 Å². The van der Waals surface area contributed by atoms with Crippen LogP contribution in [-0.2, 0) is 13.1 Å². The first-order chi connectivity index (χ1) is 12.5. The van der Waals surface area contributed by atoms with Crippen molar-refractivity contribution in [1.29, 1.82) is 0 Å².